The van der Waals surface area contributed by atoms with Gasteiger partial charge >= 0.3 is 0 Å². The Balaban J connectivity index is 2.48. The fourth-order valence-corrected chi connectivity index (χ4v) is 1.96. The second kappa shape index (κ2) is 5.98. The highest BCUT2D eigenvalue weighted by atomic mass is 16.5. The van der Waals surface area contributed by atoms with Gasteiger partial charge in [-0.1, -0.05) is 0 Å². The molecule has 0 aromatic rings. The van der Waals surface area contributed by atoms with E-state index in [2.05, 4.69) is 0 Å². The Hall–Kier alpha value is -0.610. The third-order valence-electron chi connectivity index (χ3n) is 2.66. The van der Waals surface area contributed by atoms with Crippen molar-refractivity contribution >= 4 is 5.91 Å². The summed E-state index contributed by atoms with van der Waals surface area (Å²) in [5.41, 5.74) is 5.38. The summed E-state index contributed by atoms with van der Waals surface area (Å²) in [4.78, 5) is 13.6. The Kier molecular flexibility index (Phi) is 4.90. The Morgan fingerprint density at radius 3 is 3.00 bits per heavy atom. The van der Waals surface area contributed by atoms with Crippen molar-refractivity contribution in [2.75, 3.05) is 26.8 Å². The standard InChI is InChI=1S/C10H20N2O2/c1-14-8-9-4-2-3-7-12(9)10(13)5-6-11/h9H,2-8,11H2,1H3. The van der Waals surface area contributed by atoms with Crippen LogP contribution in [0.3, 0.4) is 0 Å². The quantitative estimate of drug-likeness (QED) is 0.713. The molecule has 1 saturated heterocycles. The summed E-state index contributed by atoms with van der Waals surface area (Å²) in [6.45, 7) is 1.96. The van der Waals surface area contributed by atoms with Crippen molar-refractivity contribution in [2.24, 2.45) is 5.73 Å². The van der Waals surface area contributed by atoms with Crippen molar-refractivity contribution in [3.05, 3.63) is 0 Å². The molecule has 1 rings (SSSR count). The molecule has 1 amide bonds. The molecule has 0 saturated carbocycles. The van der Waals surface area contributed by atoms with E-state index < -0.39 is 0 Å². The summed E-state index contributed by atoms with van der Waals surface area (Å²) >= 11 is 0. The monoisotopic (exact) mass is 200 g/mol. The van der Waals surface area contributed by atoms with Crippen molar-refractivity contribution in [3.8, 4) is 0 Å². The molecule has 1 atom stereocenters. The number of ether oxygens (including phenoxy) is 1. The average molecular weight is 200 g/mol. The summed E-state index contributed by atoms with van der Waals surface area (Å²) < 4.78 is 5.11. The van der Waals surface area contributed by atoms with Crippen molar-refractivity contribution in [1.82, 2.24) is 4.90 Å². The molecule has 0 bridgehead atoms. The number of nitrogens with zero attached hydrogens (tertiary/aromatic N) is 1. The summed E-state index contributed by atoms with van der Waals surface area (Å²) in [5.74, 6) is 0.175. The molecule has 82 valence electrons. The first-order valence-electron chi connectivity index (χ1n) is 5.28. The van der Waals surface area contributed by atoms with Crippen LogP contribution in [-0.2, 0) is 9.53 Å². The SMILES string of the molecule is COCC1CCCCN1C(=O)CCN. The number of rotatable bonds is 4. The lowest BCUT2D eigenvalue weighted by Crippen LogP contribution is -2.46. The molecule has 1 aliphatic rings. The lowest BCUT2D eigenvalue weighted by Gasteiger charge is -2.35. The summed E-state index contributed by atoms with van der Waals surface area (Å²) in [5, 5.41) is 0. The van der Waals surface area contributed by atoms with Gasteiger partial charge in [-0.15, -0.1) is 0 Å². The van der Waals surface area contributed by atoms with Gasteiger partial charge in [0.05, 0.1) is 12.6 Å². The van der Waals surface area contributed by atoms with Crippen molar-refractivity contribution in [2.45, 2.75) is 31.7 Å². The van der Waals surface area contributed by atoms with Gasteiger partial charge in [-0.25, -0.2) is 0 Å². The molecule has 0 aromatic carbocycles. The molecule has 14 heavy (non-hydrogen) atoms. The van der Waals surface area contributed by atoms with E-state index in [1.165, 1.54) is 6.42 Å². The van der Waals surface area contributed by atoms with Crippen LogP contribution in [0.1, 0.15) is 25.7 Å². The highest BCUT2D eigenvalue weighted by molar-refractivity contribution is 5.76. The van der Waals surface area contributed by atoms with Gasteiger partial charge in [0.25, 0.3) is 0 Å². The second-order valence-corrected chi connectivity index (χ2v) is 3.73. The first kappa shape index (κ1) is 11.5. The Labute approximate surface area is 85.4 Å². The maximum absolute atomic E-state index is 11.7. The number of piperidine rings is 1. The Morgan fingerprint density at radius 2 is 2.36 bits per heavy atom. The van der Waals surface area contributed by atoms with Crippen LogP contribution in [-0.4, -0.2) is 43.7 Å². The number of hydrogen-bond donors (Lipinski definition) is 1. The fraction of sp³-hybridized carbons (Fsp3) is 0.900. The zero-order chi connectivity index (χ0) is 10.4. The van der Waals surface area contributed by atoms with E-state index in [4.69, 9.17) is 10.5 Å². The molecule has 4 heteroatoms. The number of carbonyl (C=O) groups excluding carboxylic acids is 1. The number of nitrogens with two attached hydrogens (primary N) is 1. The zero-order valence-electron chi connectivity index (χ0n) is 8.87. The first-order valence-corrected chi connectivity index (χ1v) is 5.28. The molecular weight excluding hydrogens is 180 g/mol. The minimum absolute atomic E-state index is 0.175. The minimum atomic E-state index is 0.175. The van der Waals surface area contributed by atoms with Crippen LogP contribution in [0, 0.1) is 0 Å². The van der Waals surface area contributed by atoms with Crippen LogP contribution in [0.15, 0.2) is 0 Å². The Morgan fingerprint density at radius 1 is 1.57 bits per heavy atom. The second-order valence-electron chi connectivity index (χ2n) is 3.73. The van der Waals surface area contributed by atoms with Crippen molar-refractivity contribution < 1.29 is 9.53 Å². The smallest absolute Gasteiger partial charge is 0.224 e. The maximum Gasteiger partial charge on any atom is 0.224 e. The van der Waals surface area contributed by atoms with Crippen LogP contribution in [0.4, 0.5) is 0 Å². The van der Waals surface area contributed by atoms with Crippen LogP contribution < -0.4 is 5.73 Å². The molecule has 1 aliphatic heterocycles. The van der Waals surface area contributed by atoms with E-state index in [1.54, 1.807) is 7.11 Å². The predicted molar refractivity (Wildman–Crippen MR) is 54.9 cm³/mol. The van der Waals surface area contributed by atoms with E-state index in [1.807, 2.05) is 4.90 Å². The average Bonchev–Trinajstić information content (AvgIpc) is 2.19. The van der Waals surface area contributed by atoms with Crippen LogP contribution >= 0.6 is 0 Å². The predicted octanol–water partition coefficient (Wildman–Crippen LogP) is 0.363. The summed E-state index contributed by atoms with van der Waals surface area (Å²) in [6, 6.07) is 0.271. The molecule has 1 unspecified atom stereocenters. The van der Waals surface area contributed by atoms with Crippen LogP contribution in [0.2, 0.25) is 0 Å². The van der Waals surface area contributed by atoms with E-state index in [0.29, 0.717) is 19.6 Å². The first-order chi connectivity index (χ1) is 6.79. The minimum Gasteiger partial charge on any atom is -0.383 e. The zero-order valence-corrected chi connectivity index (χ0v) is 8.87. The molecule has 4 nitrogen and oxygen atoms in total. The topological polar surface area (TPSA) is 55.6 Å². The highest BCUT2D eigenvalue weighted by Gasteiger charge is 2.25. The van der Waals surface area contributed by atoms with E-state index >= 15 is 0 Å². The lowest BCUT2D eigenvalue weighted by atomic mass is 10.0. The lowest BCUT2D eigenvalue weighted by molar-refractivity contribution is -0.136. The molecule has 0 radical (unpaired) electrons. The van der Waals surface area contributed by atoms with Gasteiger partial charge in [0.1, 0.15) is 0 Å². The van der Waals surface area contributed by atoms with Gasteiger partial charge < -0.3 is 15.4 Å². The van der Waals surface area contributed by atoms with Gasteiger partial charge in [-0.3, -0.25) is 4.79 Å². The molecule has 1 heterocycles. The van der Waals surface area contributed by atoms with Gasteiger partial charge in [0.15, 0.2) is 0 Å². The third-order valence-corrected chi connectivity index (χ3v) is 2.66. The third kappa shape index (κ3) is 2.96. The van der Waals surface area contributed by atoms with E-state index in [0.717, 1.165) is 19.4 Å². The number of methoxy groups -OCH3 is 1. The number of amides is 1. The van der Waals surface area contributed by atoms with E-state index in [-0.39, 0.29) is 11.9 Å². The number of hydrogen-bond acceptors (Lipinski definition) is 3. The number of carbonyl (C=O) groups is 1. The van der Waals surface area contributed by atoms with Gasteiger partial charge in [-0.05, 0) is 19.3 Å². The number of likely N-dealkylation sites (tertiary alicyclic amines) is 1. The molecule has 0 aromatic heterocycles. The van der Waals surface area contributed by atoms with Gasteiger partial charge in [0.2, 0.25) is 5.91 Å². The summed E-state index contributed by atoms with van der Waals surface area (Å²) in [7, 11) is 1.68. The fourth-order valence-electron chi connectivity index (χ4n) is 1.96. The summed E-state index contributed by atoms with van der Waals surface area (Å²) in [6.07, 6.45) is 3.82. The normalized spacial score (nSPS) is 22.4. The van der Waals surface area contributed by atoms with Crippen molar-refractivity contribution in [1.29, 1.82) is 0 Å². The highest BCUT2D eigenvalue weighted by Crippen LogP contribution is 2.17. The largest absolute Gasteiger partial charge is 0.383 e. The molecule has 0 spiro atoms. The molecule has 2 N–H and O–H groups in total. The maximum atomic E-state index is 11.7. The van der Waals surface area contributed by atoms with Crippen molar-refractivity contribution in [3.63, 3.8) is 0 Å². The van der Waals surface area contributed by atoms with Gasteiger partial charge in [-0.2, -0.15) is 0 Å². The van der Waals surface area contributed by atoms with E-state index in [9.17, 15) is 4.79 Å². The van der Waals surface area contributed by atoms with Crippen LogP contribution in [0.5, 0.6) is 0 Å². The molecular formula is C10H20N2O2. The molecule has 1 fully saturated rings. The van der Waals surface area contributed by atoms with Crippen LogP contribution in [0.25, 0.3) is 0 Å². The van der Waals surface area contributed by atoms with Gasteiger partial charge in [0, 0.05) is 26.6 Å². The Bertz CT molecular complexity index is 183. The molecule has 0 aliphatic carbocycles.